The summed E-state index contributed by atoms with van der Waals surface area (Å²) < 4.78 is 6.23. The fourth-order valence-corrected chi connectivity index (χ4v) is 2.40. The summed E-state index contributed by atoms with van der Waals surface area (Å²) in [7, 11) is 1.45. The van der Waals surface area contributed by atoms with E-state index in [4.69, 9.17) is 4.74 Å². The highest BCUT2D eigenvalue weighted by Crippen LogP contribution is 2.19. The van der Waals surface area contributed by atoms with E-state index in [0.717, 1.165) is 16.8 Å². The van der Waals surface area contributed by atoms with Crippen LogP contribution < -0.4 is 15.6 Å². The Kier molecular flexibility index (Phi) is 6.63. The van der Waals surface area contributed by atoms with Crippen LogP contribution in [0.5, 0.6) is 5.75 Å². The molecule has 1 aromatic carbocycles. The van der Waals surface area contributed by atoms with Gasteiger partial charge in [-0.3, -0.25) is 19.7 Å². The Labute approximate surface area is 157 Å². The molecule has 28 heavy (non-hydrogen) atoms. The lowest BCUT2D eigenvalue weighted by Gasteiger charge is -2.11. The van der Waals surface area contributed by atoms with Crippen molar-refractivity contribution in [2.75, 3.05) is 20.3 Å². The molecule has 1 aromatic heterocycles. The highest BCUT2D eigenvalue weighted by Gasteiger charge is 2.20. The molecule has 0 saturated heterocycles. The van der Waals surface area contributed by atoms with Gasteiger partial charge in [-0.05, 0) is 6.07 Å². The van der Waals surface area contributed by atoms with Crippen LogP contribution >= 0.6 is 0 Å². The van der Waals surface area contributed by atoms with Gasteiger partial charge in [0.15, 0.2) is 0 Å². The van der Waals surface area contributed by atoms with Crippen molar-refractivity contribution in [1.29, 1.82) is 0 Å². The zero-order valence-corrected chi connectivity index (χ0v) is 14.7. The molecule has 2 aromatic rings. The molecule has 0 fully saturated rings. The molecule has 0 radical (unpaired) electrons. The van der Waals surface area contributed by atoms with Crippen LogP contribution in [0, 0.1) is 20.2 Å². The van der Waals surface area contributed by atoms with Gasteiger partial charge in [-0.1, -0.05) is 18.2 Å². The molecule has 0 spiro atoms. The summed E-state index contributed by atoms with van der Waals surface area (Å²) in [5, 5.41) is 22.5. The molecule has 2 rings (SSSR count). The number of amides is 1. The number of nitrogens with zero attached hydrogens (tertiary/aromatic N) is 3. The zero-order chi connectivity index (χ0) is 20.7. The van der Waals surface area contributed by atoms with Crippen molar-refractivity contribution in [3.05, 3.63) is 78.2 Å². The van der Waals surface area contributed by atoms with Gasteiger partial charge in [0.2, 0.25) is 0 Å². The first-order valence-electron chi connectivity index (χ1n) is 7.89. The van der Waals surface area contributed by atoms with Gasteiger partial charge in [0.1, 0.15) is 17.9 Å². The molecule has 0 saturated carbocycles. The second-order valence-electron chi connectivity index (χ2n) is 5.43. The topological polar surface area (TPSA) is 156 Å². The molecule has 1 heterocycles. The first-order chi connectivity index (χ1) is 13.3. The van der Waals surface area contributed by atoms with Crippen molar-refractivity contribution in [1.82, 2.24) is 9.88 Å². The normalized spacial score (nSPS) is 10.2. The van der Waals surface area contributed by atoms with E-state index < -0.39 is 39.3 Å². The third kappa shape index (κ3) is 5.03. The minimum atomic E-state index is -1.03. The Morgan fingerprint density at radius 3 is 2.61 bits per heavy atom. The van der Waals surface area contributed by atoms with E-state index in [-0.39, 0.29) is 13.1 Å². The number of benzene rings is 1. The number of ether oxygens (including phenoxy) is 1. The molecule has 1 N–H and O–H groups in total. The summed E-state index contributed by atoms with van der Waals surface area (Å²) in [6.45, 7) is -0.743. The lowest BCUT2D eigenvalue weighted by Crippen LogP contribution is -2.35. The largest absolute Gasteiger partial charge is 0.496 e. The fraction of sp³-hybridized carbons (Fsp3) is 0.250. The monoisotopic (exact) mass is 392 g/mol. The molecule has 12 heteroatoms. The minimum Gasteiger partial charge on any atom is -0.496 e. The second kappa shape index (κ2) is 9.12. The highest BCUT2D eigenvalue weighted by atomic mass is 16.9. The van der Waals surface area contributed by atoms with Crippen molar-refractivity contribution >= 4 is 11.6 Å². The molecular weight excluding hydrogens is 376 g/mol. The van der Waals surface area contributed by atoms with Crippen molar-refractivity contribution in [2.24, 2.45) is 0 Å². The number of rotatable bonds is 9. The molecular formula is C16H16N4O8. The van der Waals surface area contributed by atoms with E-state index in [1.54, 1.807) is 24.3 Å². The molecule has 12 nitrogen and oxygen atoms in total. The number of pyridine rings is 1. The fourth-order valence-electron chi connectivity index (χ4n) is 2.40. The number of aromatic nitrogens is 1. The SMILES string of the molecule is COc1ccccc1Cn1cc([N+](=O)[O-])cc(C(=O)NCCO[N+](=O)[O-])c1=O. The molecule has 0 atom stereocenters. The number of nitrogens with one attached hydrogen (secondary N) is 1. The molecule has 1 amide bonds. The first-order valence-corrected chi connectivity index (χ1v) is 7.89. The Morgan fingerprint density at radius 1 is 1.25 bits per heavy atom. The summed E-state index contributed by atoms with van der Waals surface area (Å²) >= 11 is 0. The maximum absolute atomic E-state index is 12.6. The van der Waals surface area contributed by atoms with Crippen LogP contribution in [0.3, 0.4) is 0 Å². The summed E-state index contributed by atoms with van der Waals surface area (Å²) in [6, 6.07) is 7.64. The summed E-state index contributed by atoms with van der Waals surface area (Å²) in [5.41, 5.74) is -1.10. The van der Waals surface area contributed by atoms with Gasteiger partial charge >= 0.3 is 0 Å². The van der Waals surface area contributed by atoms with Gasteiger partial charge in [-0.2, -0.15) is 0 Å². The predicted octanol–water partition coefficient (Wildman–Crippen LogP) is 0.751. The van der Waals surface area contributed by atoms with Crippen LogP contribution in [0.1, 0.15) is 15.9 Å². The molecule has 148 valence electrons. The molecule has 0 bridgehead atoms. The smallest absolute Gasteiger partial charge is 0.294 e. The molecule has 0 aliphatic rings. The molecule has 0 aliphatic heterocycles. The molecule has 0 aliphatic carbocycles. The summed E-state index contributed by atoms with van der Waals surface area (Å²) in [5.74, 6) is -0.432. The van der Waals surface area contributed by atoms with Crippen LogP contribution in [-0.4, -0.2) is 40.7 Å². The number of para-hydroxylation sites is 1. The van der Waals surface area contributed by atoms with Crippen LogP contribution in [0.2, 0.25) is 0 Å². The van der Waals surface area contributed by atoms with Crippen LogP contribution in [0.25, 0.3) is 0 Å². The maximum Gasteiger partial charge on any atom is 0.294 e. The Bertz CT molecular complexity index is 956. The number of hydrogen-bond donors (Lipinski definition) is 1. The second-order valence-corrected chi connectivity index (χ2v) is 5.43. The lowest BCUT2D eigenvalue weighted by molar-refractivity contribution is -0.757. The molecule has 0 unspecified atom stereocenters. The third-order valence-electron chi connectivity index (χ3n) is 3.64. The Morgan fingerprint density at radius 2 is 1.96 bits per heavy atom. The standard InChI is InChI=1S/C16H16N4O8/c1-27-14-5-3-2-4-11(14)9-18-10-12(19(23)24)8-13(16(18)22)15(21)17-6-7-28-20(25)26/h2-5,8,10H,6-7,9H2,1H3,(H,17,21). The van der Waals surface area contributed by atoms with Crippen LogP contribution in [0.4, 0.5) is 5.69 Å². The summed E-state index contributed by atoms with van der Waals surface area (Å²) in [4.78, 5) is 49.4. The van der Waals surface area contributed by atoms with Crippen LogP contribution in [0.15, 0.2) is 41.3 Å². The number of carbonyl (C=O) groups is 1. The summed E-state index contributed by atoms with van der Waals surface area (Å²) in [6.07, 6.45) is 1.03. The minimum absolute atomic E-state index is 0.0603. The lowest BCUT2D eigenvalue weighted by atomic mass is 10.2. The van der Waals surface area contributed by atoms with Gasteiger partial charge in [0.25, 0.3) is 22.2 Å². The Hall–Kier alpha value is -3.96. The maximum atomic E-state index is 12.6. The van der Waals surface area contributed by atoms with Gasteiger partial charge in [-0.25, -0.2) is 0 Å². The van der Waals surface area contributed by atoms with E-state index in [9.17, 15) is 29.8 Å². The van der Waals surface area contributed by atoms with Gasteiger partial charge < -0.3 is 19.5 Å². The van der Waals surface area contributed by atoms with E-state index in [1.165, 1.54) is 7.11 Å². The zero-order valence-electron chi connectivity index (χ0n) is 14.7. The van der Waals surface area contributed by atoms with E-state index in [0.29, 0.717) is 11.3 Å². The quantitative estimate of drug-likeness (QED) is 0.372. The third-order valence-corrected chi connectivity index (χ3v) is 3.64. The van der Waals surface area contributed by atoms with Gasteiger partial charge in [-0.15, -0.1) is 10.1 Å². The van der Waals surface area contributed by atoms with Gasteiger partial charge in [0.05, 0.1) is 24.8 Å². The van der Waals surface area contributed by atoms with Crippen LogP contribution in [-0.2, 0) is 11.4 Å². The van der Waals surface area contributed by atoms with Gasteiger partial charge in [0, 0.05) is 18.2 Å². The highest BCUT2D eigenvalue weighted by molar-refractivity contribution is 5.94. The van der Waals surface area contributed by atoms with Crippen molar-refractivity contribution < 1.29 is 24.4 Å². The van der Waals surface area contributed by atoms with E-state index >= 15 is 0 Å². The van der Waals surface area contributed by atoms with E-state index in [1.807, 2.05) is 0 Å². The predicted molar refractivity (Wildman–Crippen MR) is 94.7 cm³/mol. The van der Waals surface area contributed by atoms with E-state index in [2.05, 4.69) is 10.2 Å². The first kappa shape index (κ1) is 20.4. The average molecular weight is 392 g/mol. The Balaban J connectivity index is 2.34. The number of hydrogen-bond acceptors (Lipinski definition) is 8. The number of carbonyl (C=O) groups excluding carboxylic acids is 1. The number of nitro groups is 1. The van der Waals surface area contributed by atoms with Crippen molar-refractivity contribution in [3.63, 3.8) is 0 Å². The average Bonchev–Trinajstić information content (AvgIpc) is 2.66. The number of methoxy groups -OCH3 is 1. The van der Waals surface area contributed by atoms with Crippen molar-refractivity contribution in [2.45, 2.75) is 6.54 Å². The van der Waals surface area contributed by atoms with Crippen molar-refractivity contribution in [3.8, 4) is 5.75 Å².